The van der Waals surface area contributed by atoms with Crippen molar-refractivity contribution in [2.45, 2.75) is 19.4 Å². The summed E-state index contributed by atoms with van der Waals surface area (Å²) >= 11 is 3.10. The molecule has 1 atom stereocenters. The number of rotatable bonds is 7. The zero-order chi connectivity index (χ0) is 19.2. The lowest BCUT2D eigenvalue weighted by Crippen LogP contribution is -2.33. The number of carbonyl (C=O) groups excluding carboxylic acids is 2. The number of ether oxygens (including phenoxy) is 1. The number of aromatic nitrogens is 1. The second-order valence-corrected chi connectivity index (χ2v) is 7.72. The van der Waals surface area contributed by atoms with Crippen molar-refractivity contribution in [1.29, 1.82) is 0 Å². The van der Waals surface area contributed by atoms with Gasteiger partial charge in [0.25, 0.3) is 5.91 Å². The number of benzene rings is 1. The Bertz CT molecular complexity index is 891. The van der Waals surface area contributed by atoms with E-state index in [1.54, 1.807) is 23.3 Å². The maximum absolute atomic E-state index is 12.3. The number of esters is 1. The Morgan fingerprint density at radius 2 is 1.96 bits per heavy atom. The van der Waals surface area contributed by atoms with E-state index in [0.29, 0.717) is 5.69 Å². The van der Waals surface area contributed by atoms with Gasteiger partial charge in [-0.2, -0.15) is 11.3 Å². The third kappa shape index (κ3) is 5.02. The molecule has 0 radical (unpaired) electrons. The summed E-state index contributed by atoms with van der Waals surface area (Å²) in [6.45, 7) is 1.67. The average Bonchev–Trinajstić information content (AvgIpc) is 3.37. The quantitative estimate of drug-likeness (QED) is 0.558. The fraction of sp³-hybridized carbons (Fsp3) is 0.250. The molecule has 3 rings (SSSR count). The topological polar surface area (TPSA) is 59.5 Å². The molecule has 0 aliphatic heterocycles. The van der Waals surface area contributed by atoms with Crippen LogP contribution in [-0.2, 0) is 20.7 Å². The molecule has 0 saturated carbocycles. The smallest absolute Gasteiger partial charge is 0.312 e. The molecule has 1 aromatic carbocycles. The van der Waals surface area contributed by atoms with Gasteiger partial charge in [-0.1, -0.05) is 30.3 Å². The Balaban J connectivity index is 1.49. The van der Waals surface area contributed by atoms with Gasteiger partial charge in [-0.15, -0.1) is 11.3 Å². The summed E-state index contributed by atoms with van der Waals surface area (Å²) < 4.78 is 5.15. The minimum Gasteiger partial charge on any atom is -0.455 e. The van der Waals surface area contributed by atoms with Crippen molar-refractivity contribution in [3.63, 3.8) is 0 Å². The van der Waals surface area contributed by atoms with E-state index in [4.69, 9.17) is 4.74 Å². The molecule has 0 bridgehead atoms. The van der Waals surface area contributed by atoms with Crippen molar-refractivity contribution >= 4 is 34.6 Å². The van der Waals surface area contributed by atoms with Crippen LogP contribution in [0, 0.1) is 0 Å². The Labute approximate surface area is 166 Å². The van der Waals surface area contributed by atoms with Gasteiger partial charge in [0.1, 0.15) is 5.01 Å². The van der Waals surface area contributed by atoms with Crippen LogP contribution in [0.5, 0.6) is 0 Å². The van der Waals surface area contributed by atoms with Crippen LogP contribution < -0.4 is 0 Å². The van der Waals surface area contributed by atoms with Crippen LogP contribution in [0.25, 0.3) is 10.6 Å². The van der Waals surface area contributed by atoms with Gasteiger partial charge in [0, 0.05) is 23.4 Å². The minimum atomic E-state index is -0.453. The van der Waals surface area contributed by atoms with Crippen LogP contribution in [0.1, 0.15) is 24.2 Å². The number of thiophene rings is 1. The van der Waals surface area contributed by atoms with Crippen LogP contribution >= 0.6 is 22.7 Å². The first-order valence-corrected chi connectivity index (χ1v) is 10.3. The number of amides is 1. The van der Waals surface area contributed by atoms with E-state index >= 15 is 0 Å². The van der Waals surface area contributed by atoms with Crippen LogP contribution in [0.4, 0.5) is 0 Å². The summed E-state index contributed by atoms with van der Waals surface area (Å²) in [6, 6.07) is 11.6. The molecule has 0 spiro atoms. The normalized spacial score (nSPS) is 11.8. The van der Waals surface area contributed by atoms with Crippen molar-refractivity contribution in [2.24, 2.45) is 0 Å². The number of hydrogen-bond donors (Lipinski definition) is 0. The maximum Gasteiger partial charge on any atom is 0.312 e. The first-order valence-electron chi connectivity index (χ1n) is 8.48. The van der Waals surface area contributed by atoms with E-state index in [1.807, 2.05) is 59.5 Å². The monoisotopic (exact) mass is 400 g/mol. The molecule has 0 aliphatic rings. The second-order valence-electron chi connectivity index (χ2n) is 6.08. The molecule has 1 amide bonds. The predicted molar refractivity (Wildman–Crippen MR) is 108 cm³/mol. The van der Waals surface area contributed by atoms with Crippen LogP contribution in [0.3, 0.4) is 0 Å². The molecule has 3 aromatic rings. The summed E-state index contributed by atoms with van der Waals surface area (Å²) in [5, 5.41) is 6.73. The lowest BCUT2D eigenvalue weighted by atomic mass is 10.1. The highest BCUT2D eigenvalue weighted by Gasteiger charge is 2.19. The molecule has 0 aliphatic carbocycles. The molecule has 140 valence electrons. The van der Waals surface area contributed by atoms with E-state index in [0.717, 1.165) is 16.1 Å². The Morgan fingerprint density at radius 1 is 1.19 bits per heavy atom. The fourth-order valence-electron chi connectivity index (χ4n) is 2.52. The highest BCUT2D eigenvalue weighted by Crippen LogP contribution is 2.26. The molecule has 0 saturated heterocycles. The molecule has 0 fully saturated rings. The summed E-state index contributed by atoms with van der Waals surface area (Å²) in [6.07, 6.45) is 0.0614. The van der Waals surface area contributed by atoms with Gasteiger partial charge < -0.3 is 9.64 Å². The van der Waals surface area contributed by atoms with Gasteiger partial charge in [0.05, 0.1) is 18.2 Å². The number of nitrogens with zero attached hydrogens (tertiary/aromatic N) is 2. The lowest BCUT2D eigenvalue weighted by molar-refractivity contribution is -0.151. The zero-order valence-electron chi connectivity index (χ0n) is 15.1. The molecule has 5 nitrogen and oxygen atoms in total. The molecule has 0 unspecified atom stereocenters. The first kappa shape index (κ1) is 19.3. The fourth-order valence-corrected chi connectivity index (χ4v) is 4.05. The van der Waals surface area contributed by atoms with E-state index in [1.165, 1.54) is 11.3 Å². The molecule has 0 N–H and O–H groups in total. The third-order valence-corrected chi connectivity index (χ3v) is 5.88. The largest absolute Gasteiger partial charge is 0.455 e. The number of likely N-dealkylation sites (N-methyl/N-ethyl adjacent to an activating group) is 1. The van der Waals surface area contributed by atoms with Crippen molar-refractivity contribution in [3.05, 3.63) is 63.8 Å². The molecular formula is C20H20N2O3S2. The second kappa shape index (κ2) is 8.92. The van der Waals surface area contributed by atoms with E-state index in [2.05, 4.69) is 4.98 Å². The van der Waals surface area contributed by atoms with Crippen LogP contribution in [-0.4, -0.2) is 35.4 Å². The van der Waals surface area contributed by atoms with E-state index in [9.17, 15) is 9.59 Å². The average molecular weight is 401 g/mol. The highest BCUT2D eigenvalue weighted by atomic mass is 32.1. The van der Waals surface area contributed by atoms with Crippen molar-refractivity contribution in [1.82, 2.24) is 9.88 Å². The third-order valence-electron chi connectivity index (χ3n) is 4.26. The summed E-state index contributed by atoms with van der Waals surface area (Å²) in [4.78, 5) is 30.4. The van der Waals surface area contributed by atoms with Gasteiger partial charge in [-0.25, -0.2) is 4.98 Å². The van der Waals surface area contributed by atoms with Crippen molar-refractivity contribution in [3.8, 4) is 10.6 Å². The number of hydrogen-bond acceptors (Lipinski definition) is 6. The number of carbonyl (C=O) groups is 2. The molecule has 2 aromatic heterocycles. The Hall–Kier alpha value is -2.51. The van der Waals surface area contributed by atoms with Crippen molar-refractivity contribution < 1.29 is 14.3 Å². The highest BCUT2D eigenvalue weighted by molar-refractivity contribution is 7.14. The van der Waals surface area contributed by atoms with E-state index in [-0.39, 0.29) is 25.0 Å². The summed E-state index contributed by atoms with van der Waals surface area (Å²) in [7, 11) is 1.71. The summed E-state index contributed by atoms with van der Waals surface area (Å²) in [5.74, 6) is -0.691. The molecule has 27 heavy (non-hydrogen) atoms. The predicted octanol–water partition coefficient (Wildman–Crippen LogP) is 4.18. The molecule has 7 heteroatoms. The summed E-state index contributed by atoms with van der Waals surface area (Å²) in [5.41, 5.74) is 2.74. The SMILES string of the molecule is C[C@H](c1ccccc1)N(C)C(=O)COC(=O)Cc1csc(-c2ccsc2)n1. The Morgan fingerprint density at radius 3 is 2.67 bits per heavy atom. The first-order chi connectivity index (χ1) is 13.0. The van der Waals surface area contributed by atoms with Gasteiger partial charge in [-0.05, 0) is 23.9 Å². The Kier molecular flexibility index (Phi) is 6.36. The van der Waals surface area contributed by atoms with E-state index < -0.39 is 5.97 Å². The van der Waals surface area contributed by atoms with Gasteiger partial charge in [0.2, 0.25) is 0 Å². The standard InChI is InChI=1S/C20H20N2O3S2/c1-14(15-6-4-3-5-7-15)22(2)18(23)11-25-19(24)10-17-13-27-20(21-17)16-8-9-26-12-16/h3-9,12-14H,10-11H2,1-2H3/t14-/m1/s1. The number of thiazole rings is 1. The van der Waals surface area contributed by atoms with Gasteiger partial charge >= 0.3 is 5.97 Å². The van der Waals surface area contributed by atoms with Crippen molar-refractivity contribution in [2.75, 3.05) is 13.7 Å². The van der Waals surface area contributed by atoms with Crippen LogP contribution in [0.2, 0.25) is 0 Å². The van der Waals surface area contributed by atoms with Crippen LogP contribution in [0.15, 0.2) is 52.5 Å². The van der Waals surface area contributed by atoms with Gasteiger partial charge in [-0.3, -0.25) is 9.59 Å². The zero-order valence-corrected chi connectivity index (χ0v) is 16.8. The molecule has 2 heterocycles. The minimum absolute atomic E-state index is 0.0614. The molecular weight excluding hydrogens is 380 g/mol. The maximum atomic E-state index is 12.3. The lowest BCUT2D eigenvalue weighted by Gasteiger charge is -2.25. The van der Waals surface area contributed by atoms with Gasteiger partial charge in [0.15, 0.2) is 6.61 Å².